The van der Waals surface area contributed by atoms with E-state index in [1.807, 2.05) is 44.2 Å². The van der Waals surface area contributed by atoms with E-state index in [1.54, 1.807) is 4.90 Å². The number of rotatable bonds is 6. The first-order valence-electron chi connectivity index (χ1n) is 6.48. The van der Waals surface area contributed by atoms with Gasteiger partial charge < -0.3 is 9.64 Å². The van der Waals surface area contributed by atoms with Crippen LogP contribution in [0.2, 0.25) is 0 Å². The molecule has 0 aliphatic heterocycles. The van der Waals surface area contributed by atoms with Gasteiger partial charge in [-0.1, -0.05) is 37.3 Å². The summed E-state index contributed by atoms with van der Waals surface area (Å²) in [6.45, 7) is 4.21. The van der Waals surface area contributed by atoms with Crippen LogP contribution in [-0.4, -0.2) is 29.9 Å². The van der Waals surface area contributed by atoms with Crippen LogP contribution in [0, 0.1) is 0 Å². The predicted octanol–water partition coefficient (Wildman–Crippen LogP) is 2.38. The van der Waals surface area contributed by atoms with Gasteiger partial charge in [0.05, 0.1) is 13.5 Å². The number of carbonyl (C=O) groups excluding carboxylic acids is 2. The highest BCUT2D eigenvalue weighted by Gasteiger charge is 2.21. The van der Waals surface area contributed by atoms with Crippen LogP contribution in [0.5, 0.6) is 0 Å². The zero-order chi connectivity index (χ0) is 14.3. The van der Waals surface area contributed by atoms with Crippen LogP contribution in [0.25, 0.3) is 0 Å². The van der Waals surface area contributed by atoms with Gasteiger partial charge in [-0.2, -0.15) is 0 Å². The van der Waals surface area contributed by atoms with Crippen molar-refractivity contribution in [1.29, 1.82) is 0 Å². The van der Waals surface area contributed by atoms with Gasteiger partial charge in [-0.25, -0.2) is 0 Å². The molecule has 0 saturated heterocycles. The lowest BCUT2D eigenvalue weighted by Gasteiger charge is -2.28. The van der Waals surface area contributed by atoms with Crippen molar-refractivity contribution in [2.24, 2.45) is 0 Å². The van der Waals surface area contributed by atoms with Crippen LogP contribution in [-0.2, 0) is 20.9 Å². The fraction of sp³-hybridized carbons (Fsp3) is 0.467. The van der Waals surface area contributed by atoms with Crippen LogP contribution in [0.3, 0.4) is 0 Å². The van der Waals surface area contributed by atoms with Gasteiger partial charge in [0.15, 0.2) is 0 Å². The normalized spacial score (nSPS) is 11.7. The van der Waals surface area contributed by atoms with Crippen LogP contribution in [0.1, 0.15) is 32.3 Å². The summed E-state index contributed by atoms with van der Waals surface area (Å²) < 4.78 is 4.66. The molecule has 0 aromatic heterocycles. The quantitative estimate of drug-likeness (QED) is 0.740. The molecule has 0 heterocycles. The Morgan fingerprint density at radius 3 is 2.42 bits per heavy atom. The molecule has 0 aliphatic carbocycles. The van der Waals surface area contributed by atoms with Crippen molar-refractivity contribution in [3.05, 3.63) is 35.9 Å². The van der Waals surface area contributed by atoms with Crippen LogP contribution in [0.4, 0.5) is 0 Å². The Balaban J connectivity index is 2.77. The summed E-state index contributed by atoms with van der Waals surface area (Å²) >= 11 is 0. The Bertz CT molecular complexity index is 417. The molecule has 1 aromatic carbocycles. The molecular formula is C15H21NO3. The monoisotopic (exact) mass is 263 g/mol. The van der Waals surface area contributed by atoms with Crippen molar-refractivity contribution >= 4 is 11.9 Å². The minimum atomic E-state index is -0.297. The maximum absolute atomic E-state index is 12.0. The summed E-state index contributed by atoms with van der Waals surface area (Å²) in [6.07, 6.45) is 0.646. The molecule has 0 fully saturated rings. The molecule has 104 valence electrons. The number of carbonyl (C=O) groups is 2. The molecule has 1 rings (SSSR count). The minimum Gasteiger partial charge on any atom is -0.469 e. The van der Waals surface area contributed by atoms with Gasteiger partial charge in [0.1, 0.15) is 0 Å². The molecule has 0 aliphatic rings. The fourth-order valence-corrected chi connectivity index (χ4v) is 1.91. The average Bonchev–Trinajstić information content (AvgIpc) is 2.44. The predicted molar refractivity (Wildman–Crippen MR) is 73.4 cm³/mol. The van der Waals surface area contributed by atoms with Crippen molar-refractivity contribution in [3.8, 4) is 0 Å². The molecule has 0 bridgehead atoms. The second kappa shape index (κ2) is 7.56. The fourth-order valence-electron chi connectivity index (χ4n) is 1.91. The number of benzene rings is 1. The second-order valence-corrected chi connectivity index (χ2v) is 4.49. The first kappa shape index (κ1) is 15.2. The van der Waals surface area contributed by atoms with Gasteiger partial charge in [-0.3, -0.25) is 9.59 Å². The number of esters is 1. The maximum Gasteiger partial charge on any atom is 0.307 e. The minimum absolute atomic E-state index is 0.0419. The summed E-state index contributed by atoms with van der Waals surface area (Å²) in [5, 5.41) is 0. The van der Waals surface area contributed by atoms with Gasteiger partial charge in [-0.05, 0) is 12.5 Å². The molecule has 4 nitrogen and oxygen atoms in total. The number of nitrogens with zero attached hydrogens (tertiary/aromatic N) is 1. The van der Waals surface area contributed by atoms with E-state index in [1.165, 1.54) is 7.11 Å². The first-order chi connectivity index (χ1) is 9.08. The maximum atomic E-state index is 12.0. The zero-order valence-corrected chi connectivity index (χ0v) is 11.8. The summed E-state index contributed by atoms with van der Waals surface area (Å²) in [7, 11) is 1.36. The number of ether oxygens (including phenoxy) is 1. The van der Waals surface area contributed by atoms with E-state index in [4.69, 9.17) is 0 Å². The second-order valence-electron chi connectivity index (χ2n) is 4.49. The molecule has 1 aromatic rings. The molecule has 0 unspecified atom stereocenters. The number of hydrogen-bond acceptors (Lipinski definition) is 3. The van der Waals surface area contributed by atoms with E-state index in [0.717, 1.165) is 5.56 Å². The lowest BCUT2D eigenvalue weighted by molar-refractivity contribution is -0.143. The van der Waals surface area contributed by atoms with E-state index in [0.29, 0.717) is 13.0 Å². The molecule has 19 heavy (non-hydrogen) atoms. The van der Waals surface area contributed by atoms with E-state index in [-0.39, 0.29) is 24.3 Å². The molecular weight excluding hydrogens is 242 g/mol. The van der Waals surface area contributed by atoms with Gasteiger partial charge >= 0.3 is 5.97 Å². The summed E-state index contributed by atoms with van der Waals surface area (Å²) in [4.78, 5) is 25.1. The third-order valence-electron chi connectivity index (χ3n) is 3.04. The van der Waals surface area contributed by atoms with E-state index >= 15 is 0 Å². The molecule has 0 saturated carbocycles. The van der Waals surface area contributed by atoms with Crippen molar-refractivity contribution in [2.45, 2.75) is 39.3 Å². The number of hydrogen-bond donors (Lipinski definition) is 0. The highest BCUT2D eigenvalue weighted by molar-refractivity contribution is 5.77. The van der Waals surface area contributed by atoms with Gasteiger partial charge in [-0.15, -0.1) is 0 Å². The Labute approximate surface area is 114 Å². The standard InChI is InChI=1S/C15H21NO3/c1-4-14(17)16(12(2)10-15(18)19-3)11-13-8-6-5-7-9-13/h5-9,12H,4,10-11H2,1-3H3/t12-/m1/s1. The third kappa shape index (κ3) is 4.73. The average molecular weight is 263 g/mol. The summed E-state index contributed by atoms with van der Waals surface area (Å²) in [5.41, 5.74) is 1.06. The van der Waals surface area contributed by atoms with Crippen molar-refractivity contribution in [2.75, 3.05) is 7.11 Å². The van der Waals surface area contributed by atoms with Crippen LogP contribution >= 0.6 is 0 Å². The smallest absolute Gasteiger partial charge is 0.307 e. The van der Waals surface area contributed by atoms with Crippen LogP contribution < -0.4 is 0 Å². The topological polar surface area (TPSA) is 46.6 Å². The van der Waals surface area contributed by atoms with Crippen LogP contribution in [0.15, 0.2) is 30.3 Å². The van der Waals surface area contributed by atoms with Crippen molar-refractivity contribution in [1.82, 2.24) is 4.90 Å². The molecule has 0 N–H and O–H groups in total. The SMILES string of the molecule is CCC(=O)N(Cc1ccccc1)[C@H](C)CC(=O)OC. The molecule has 1 amide bonds. The molecule has 1 atom stereocenters. The highest BCUT2D eigenvalue weighted by Crippen LogP contribution is 2.13. The van der Waals surface area contributed by atoms with E-state index in [9.17, 15) is 9.59 Å². The van der Waals surface area contributed by atoms with E-state index in [2.05, 4.69) is 4.74 Å². The van der Waals surface area contributed by atoms with Gasteiger partial charge in [0, 0.05) is 19.0 Å². The Morgan fingerprint density at radius 2 is 1.89 bits per heavy atom. The van der Waals surface area contributed by atoms with Gasteiger partial charge in [0.2, 0.25) is 5.91 Å². The third-order valence-corrected chi connectivity index (χ3v) is 3.04. The summed E-state index contributed by atoms with van der Waals surface area (Å²) in [5.74, 6) is -0.255. The molecule has 0 radical (unpaired) electrons. The molecule has 4 heteroatoms. The lowest BCUT2D eigenvalue weighted by atomic mass is 10.1. The number of methoxy groups -OCH3 is 1. The van der Waals surface area contributed by atoms with Crippen molar-refractivity contribution in [3.63, 3.8) is 0 Å². The van der Waals surface area contributed by atoms with E-state index < -0.39 is 0 Å². The Kier molecular flexibility index (Phi) is 6.06. The zero-order valence-electron chi connectivity index (χ0n) is 11.8. The largest absolute Gasteiger partial charge is 0.469 e. The summed E-state index contributed by atoms with van der Waals surface area (Å²) in [6, 6.07) is 9.60. The first-order valence-corrected chi connectivity index (χ1v) is 6.48. The lowest BCUT2D eigenvalue weighted by Crippen LogP contribution is -2.39. The Hall–Kier alpha value is -1.84. The van der Waals surface area contributed by atoms with Crippen molar-refractivity contribution < 1.29 is 14.3 Å². The Morgan fingerprint density at radius 1 is 1.26 bits per heavy atom. The highest BCUT2D eigenvalue weighted by atomic mass is 16.5. The number of amides is 1. The van der Waals surface area contributed by atoms with Gasteiger partial charge in [0.25, 0.3) is 0 Å². The molecule has 0 spiro atoms.